The van der Waals surface area contributed by atoms with Crippen LogP contribution in [0.3, 0.4) is 0 Å². The summed E-state index contributed by atoms with van der Waals surface area (Å²) < 4.78 is 25.6. The lowest BCUT2D eigenvalue weighted by atomic mass is 10.1. The summed E-state index contributed by atoms with van der Waals surface area (Å²) in [5.41, 5.74) is 1.85. The van der Waals surface area contributed by atoms with Gasteiger partial charge >= 0.3 is 6.03 Å². The summed E-state index contributed by atoms with van der Waals surface area (Å²) in [6, 6.07) is 13.3. The van der Waals surface area contributed by atoms with E-state index in [1.165, 1.54) is 18.2 Å². The van der Waals surface area contributed by atoms with E-state index in [9.17, 15) is 18.8 Å². The number of ether oxygens (including phenoxy) is 2. The highest BCUT2D eigenvalue weighted by Crippen LogP contribution is 2.36. The SMILES string of the molecule is CCOc1cc(/C=C2\C(=O)NC(=O)N(c3cccc(Cl)c3C)C2=O)cc(I)c1OCc1ccc(F)cc1. The predicted molar refractivity (Wildman–Crippen MR) is 146 cm³/mol. The summed E-state index contributed by atoms with van der Waals surface area (Å²) in [4.78, 5) is 39.4. The standard InChI is InChI=1S/C27H21ClFIN2O5/c1-3-36-23-13-17(12-21(30)24(23)37-14-16-7-9-18(29)10-8-16)11-19-25(33)31-27(35)32(26(19)34)22-6-4-5-20(28)15(22)2/h4-13H,3,14H2,1-2H3,(H,31,33,35)/b19-11+. The number of nitrogens with zero attached hydrogens (tertiary/aromatic N) is 1. The van der Waals surface area contributed by atoms with Crippen LogP contribution in [0.25, 0.3) is 6.08 Å². The van der Waals surface area contributed by atoms with E-state index < -0.39 is 17.8 Å². The Bertz CT molecular complexity index is 1430. The van der Waals surface area contributed by atoms with E-state index in [2.05, 4.69) is 27.9 Å². The van der Waals surface area contributed by atoms with Gasteiger partial charge in [0.25, 0.3) is 11.8 Å². The second-order valence-electron chi connectivity index (χ2n) is 8.02. The first-order valence-corrected chi connectivity index (χ1v) is 12.7. The van der Waals surface area contributed by atoms with E-state index in [0.717, 1.165) is 10.5 Å². The number of hydrogen-bond donors (Lipinski definition) is 1. The molecule has 0 radical (unpaired) electrons. The molecule has 37 heavy (non-hydrogen) atoms. The van der Waals surface area contributed by atoms with Gasteiger partial charge in [-0.1, -0.05) is 29.8 Å². The van der Waals surface area contributed by atoms with Gasteiger partial charge in [-0.25, -0.2) is 14.1 Å². The molecule has 1 aliphatic rings. The highest BCUT2D eigenvalue weighted by molar-refractivity contribution is 14.1. The molecule has 3 aromatic rings. The van der Waals surface area contributed by atoms with Gasteiger partial charge in [0.15, 0.2) is 11.5 Å². The van der Waals surface area contributed by atoms with Gasteiger partial charge in [0, 0.05) is 5.02 Å². The van der Waals surface area contributed by atoms with Crippen molar-refractivity contribution in [2.45, 2.75) is 20.5 Å². The largest absolute Gasteiger partial charge is 0.490 e. The highest BCUT2D eigenvalue weighted by atomic mass is 127. The molecule has 0 atom stereocenters. The zero-order chi connectivity index (χ0) is 26.7. The molecule has 7 nitrogen and oxygen atoms in total. The number of halogens is 3. The van der Waals surface area contributed by atoms with Crippen molar-refractivity contribution >= 4 is 63.8 Å². The van der Waals surface area contributed by atoms with E-state index in [1.54, 1.807) is 49.4 Å². The lowest BCUT2D eigenvalue weighted by Gasteiger charge is -2.27. The quantitative estimate of drug-likeness (QED) is 0.195. The van der Waals surface area contributed by atoms with Gasteiger partial charge < -0.3 is 9.47 Å². The second kappa shape index (κ2) is 11.3. The number of imide groups is 2. The number of benzene rings is 3. The van der Waals surface area contributed by atoms with E-state index in [-0.39, 0.29) is 23.7 Å². The van der Waals surface area contributed by atoms with Crippen LogP contribution in [0.4, 0.5) is 14.9 Å². The number of carbonyl (C=O) groups is 3. The minimum absolute atomic E-state index is 0.188. The molecule has 0 unspecified atom stereocenters. The predicted octanol–water partition coefficient (Wildman–Crippen LogP) is 6.04. The minimum Gasteiger partial charge on any atom is -0.490 e. The summed E-state index contributed by atoms with van der Waals surface area (Å²) in [6.07, 6.45) is 1.39. The van der Waals surface area contributed by atoms with Crippen molar-refractivity contribution in [3.8, 4) is 11.5 Å². The Morgan fingerprint density at radius 3 is 2.51 bits per heavy atom. The zero-order valence-corrected chi connectivity index (χ0v) is 22.7. The maximum atomic E-state index is 13.3. The van der Waals surface area contributed by atoms with Crippen molar-refractivity contribution in [2.24, 2.45) is 0 Å². The van der Waals surface area contributed by atoms with Gasteiger partial charge in [0.05, 0.1) is 15.9 Å². The molecule has 0 aliphatic carbocycles. The van der Waals surface area contributed by atoms with Crippen LogP contribution < -0.4 is 19.7 Å². The van der Waals surface area contributed by atoms with Gasteiger partial charge in [-0.2, -0.15) is 0 Å². The van der Waals surface area contributed by atoms with Crippen LogP contribution >= 0.6 is 34.2 Å². The maximum absolute atomic E-state index is 13.3. The van der Waals surface area contributed by atoms with Crippen molar-refractivity contribution in [3.05, 3.63) is 91.3 Å². The Morgan fingerprint density at radius 1 is 1.08 bits per heavy atom. The normalized spacial score (nSPS) is 14.7. The maximum Gasteiger partial charge on any atom is 0.335 e. The van der Waals surface area contributed by atoms with E-state index in [1.807, 2.05) is 6.92 Å². The van der Waals surface area contributed by atoms with Crippen LogP contribution in [0.1, 0.15) is 23.6 Å². The van der Waals surface area contributed by atoms with Crippen LogP contribution in [-0.4, -0.2) is 24.5 Å². The number of hydrogen-bond acceptors (Lipinski definition) is 5. The number of rotatable bonds is 7. The fourth-order valence-electron chi connectivity index (χ4n) is 3.69. The van der Waals surface area contributed by atoms with Gasteiger partial charge in [-0.05, 0) is 95.6 Å². The highest BCUT2D eigenvalue weighted by Gasteiger charge is 2.37. The molecule has 4 rings (SSSR count). The van der Waals surface area contributed by atoms with E-state index >= 15 is 0 Å². The summed E-state index contributed by atoms with van der Waals surface area (Å²) in [7, 11) is 0. The Kier molecular flexibility index (Phi) is 8.13. The van der Waals surface area contributed by atoms with Gasteiger partial charge in [-0.15, -0.1) is 0 Å². The minimum atomic E-state index is -0.855. The van der Waals surface area contributed by atoms with E-state index in [0.29, 0.717) is 37.8 Å². The van der Waals surface area contributed by atoms with Crippen molar-refractivity contribution in [1.29, 1.82) is 0 Å². The second-order valence-corrected chi connectivity index (χ2v) is 9.59. The first kappa shape index (κ1) is 26.6. The van der Waals surface area contributed by atoms with Gasteiger partial charge in [0.2, 0.25) is 0 Å². The Labute approximate surface area is 231 Å². The van der Waals surface area contributed by atoms with Crippen molar-refractivity contribution in [3.63, 3.8) is 0 Å². The molecular weight excluding hydrogens is 614 g/mol. The molecule has 0 bridgehead atoms. The number of carbonyl (C=O) groups excluding carboxylic acids is 3. The lowest BCUT2D eigenvalue weighted by molar-refractivity contribution is -0.122. The fourth-order valence-corrected chi connectivity index (χ4v) is 4.64. The summed E-state index contributed by atoms with van der Waals surface area (Å²) in [6.45, 7) is 4.03. The average molecular weight is 635 g/mol. The lowest BCUT2D eigenvalue weighted by Crippen LogP contribution is -2.54. The molecule has 0 saturated carbocycles. The number of urea groups is 1. The van der Waals surface area contributed by atoms with Crippen LogP contribution in [0.2, 0.25) is 5.02 Å². The van der Waals surface area contributed by atoms with Crippen LogP contribution in [0.5, 0.6) is 11.5 Å². The number of nitrogens with one attached hydrogen (secondary N) is 1. The molecule has 190 valence electrons. The average Bonchev–Trinajstić information content (AvgIpc) is 2.85. The molecule has 1 fully saturated rings. The molecule has 1 aliphatic heterocycles. The molecule has 1 N–H and O–H groups in total. The third-order valence-corrected chi connectivity index (χ3v) is 6.73. The number of amides is 4. The van der Waals surface area contributed by atoms with Crippen LogP contribution in [0.15, 0.2) is 60.2 Å². The molecule has 10 heteroatoms. The Morgan fingerprint density at radius 2 is 1.81 bits per heavy atom. The first-order chi connectivity index (χ1) is 17.7. The molecule has 3 aromatic carbocycles. The Hall–Kier alpha value is -3.44. The topological polar surface area (TPSA) is 84.9 Å². The fraction of sp³-hybridized carbons (Fsp3) is 0.148. The smallest absolute Gasteiger partial charge is 0.335 e. The molecule has 1 heterocycles. The van der Waals surface area contributed by atoms with Crippen LogP contribution in [-0.2, 0) is 16.2 Å². The summed E-state index contributed by atoms with van der Waals surface area (Å²) in [5.74, 6) is -1.04. The molecule has 4 amide bonds. The molecule has 0 aromatic heterocycles. The molecule has 1 saturated heterocycles. The molecule has 0 spiro atoms. The molecular formula is C27H21ClFIN2O5. The third kappa shape index (κ3) is 5.78. The van der Waals surface area contributed by atoms with Crippen molar-refractivity contribution in [2.75, 3.05) is 11.5 Å². The zero-order valence-electron chi connectivity index (χ0n) is 19.8. The summed E-state index contributed by atoms with van der Waals surface area (Å²) >= 11 is 8.25. The number of anilines is 1. The Balaban J connectivity index is 1.67. The van der Waals surface area contributed by atoms with Gasteiger partial charge in [0.1, 0.15) is 18.0 Å². The first-order valence-electron chi connectivity index (χ1n) is 11.2. The van der Waals surface area contributed by atoms with Crippen molar-refractivity contribution in [1.82, 2.24) is 5.32 Å². The van der Waals surface area contributed by atoms with Crippen molar-refractivity contribution < 1.29 is 28.2 Å². The number of barbiturate groups is 1. The monoisotopic (exact) mass is 634 g/mol. The summed E-state index contributed by atoms with van der Waals surface area (Å²) in [5, 5.41) is 2.60. The van der Waals surface area contributed by atoms with E-state index in [4.69, 9.17) is 21.1 Å². The van der Waals surface area contributed by atoms with Crippen LogP contribution in [0, 0.1) is 16.3 Å². The third-order valence-electron chi connectivity index (χ3n) is 5.52. The van der Waals surface area contributed by atoms with Gasteiger partial charge in [-0.3, -0.25) is 14.9 Å².